The normalized spacial score (nSPS) is 36.0. The lowest BCUT2D eigenvalue weighted by molar-refractivity contribution is -0.142. The SMILES string of the molecule is CC(O)C1CCN(C2CCOC2=O)C1. The Balaban J connectivity index is 1.92. The van der Waals surface area contributed by atoms with Gasteiger partial charge in [-0.3, -0.25) is 9.69 Å². The van der Waals surface area contributed by atoms with Crippen LogP contribution in [0.1, 0.15) is 19.8 Å². The molecule has 2 saturated heterocycles. The summed E-state index contributed by atoms with van der Waals surface area (Å²) in [7, 11) is 0. The number of esters is 1. The molecule has 0 aromatic carbocycles. The average molecular weight is 199 g/mol. The van der Waals surface area contributed by atoms with Crippen LogP contribution in [0.15, 0.2) is 0 Å². The van der Waals surface area contributed by atoms with Crippen LogP contribution >= 0.6 is 0 Å². The molecule has 2 fully saturated rings. The molecule has 0 radical (unpaired) electrons. The fraction of sp³-hybridized carbons (Fsp3) is 0.900. The van der Waals surface area contributed by atoms with E-state index in [2.05, 4.69) is 4.90 Å². The van der Waals surface area contributed by atoms with E-state index in [4.69, 9.17) is 4.74 Å². The maximum Gasteiger partial charge on any atom is 0.323 e. The number of aliphatic hydroxyl groups is 1. The van der Waals surface area contributed by atoms with Crippen LogP contribution in [0.3, 0.4) is 0 Å². The van der Waals surface area contributed by atoms with Crippen molar-refractivity contribution < 1.29 is 14.6 Å². The molecule has 14 heavy (non-hydrogen) atoms. The highest BCUT2D eigenvalue weighted by molar-refractivity contribution is 5.77. The lowest BCUT2D eigenvalue weighted by Gasteiger charge is -2.20. The number of cyclic esters (lactones) is 1. The molecule has 0 saturated carbocycles. The molecule has 2 aliphatic rings. The highest BCUT2D eigenvalue weighted by Gasteiger charge is 2.37. The summed E-state index contributed by atoms with van der Waals surface area (Å²) in [5.41, 5.74) is 0. The van der Waals surface area contributed by atoms with Gasteiger partial charge in [0.15, 0.2) is 0 Å². The number of rotatable bonds is 2. The largest absolute Gasteiger partial charge is 0.464 e. The van der Waals surface area contributed by atoms with Gasteiger partial charge in [-0.2, -0.15) is 0 Å². The van der Waals surface area contributed by atoms with E-state index >= 15 is 0 Å². The molecule has 3 atom stereocenters. The minimum absolute atomic E-state index is 0.0428. The van der Waals surface area contributed by atoms with Crippen LogP contribution < -0.4 is 0 Å². The summed E-state index contributed by atoms with van der Waals surface area (Å²) >= 11 is 0. The summed E-state index contributed by atoms with van der Waals surface area (Å²) in [6.07, 6.45) is 1.53. The molecule has 2 heterocycles. The maximum absolute atomic E-state index is 11.3. The Morgan fingerprint density at radius 2 is 2.36 bits per heavy atom. The zero-order chi connectivity index (χ0) is 10.1. The van der Waals surface area contributed by atoms with E-state index in [1.54, 1.807) is 0 Å². The summed E-state index contributed by atoms with van der Waals surface area (Å²) in [6, 6.07) is -0.0428. The van der Waals surface area contributed by atoms with Gasteiger partial charge in [-0.1, -0.05) is 0 Å². The molecule has 4 nitrogen and oxygen atoms in total. The molecule has 0 aliphatic carbocycles. The second-order valence-corrected chi connectivity index (χ2v) is 4.26. The third kappa shape index (κ3) is 1.77. The van der Waals surface area contributed by atoms with Crippen molar-refractivity contribution in [3.63, 3.8) is 0 Å². The van der Waals surface area contributed by atoms with Crippen LogP contribution in [0, 0.1) is 5.92 Å². The second-order valence-electron chi connectivity index (χ2n) is 4.26. The molecule has 2 rings (SSSR count). The molecule has 2 aliphatic heterocycles. The monoisotopic (exact) mass is 199 g/mol. The summed E-state index contributed by atoms with van der Waals surface area (Å²) in [4.78, 5) is 13.5. The predicted molar refractivity (Wildman–Crippen MR) is 50.7 cm³/mol. The van der Waals surface area contributed by atoms with Gasteiger partial charge >= 0.3 is 5.97 Å². The number of ether oxygens (including phenoxy) is 1. The number of hydrogen-bond donors (Lipinski definition) is 1. The number of nitrogens with zero attached hydrogens (tertiary/aromatic N) is 1. The predicted octanol–water partition coefficient (Wildman–Crippen LogP) is 0.00460. The number of carbonyl (C=O) groups excluding carboxylic acids is 1. The van der Waals surface area contributed by atoms with E-state index in [0.717, 1.165) is 25.9 Å². The summed E-state index contributed by atoms with van der Waals surface area (Å²) in [5, 5.41) is 9.44. The Labute approximate surface area is 83.8 Å². The maximum atomic E-state index is 11.3. The average Bonchev–Trinajstić information content (AvgIpc) is 2.71. The van der Waals surface area contributed by atoms with E-state index in [1.807, 2.05) is 6.92 Å². The second kappa shape index (κ2) is 3.87. The molecule has 0 spiro atoms. The van der Waals surface area contributed by atoms with Gasteiger partial charge in [0.25, 0.3) is 0 Å². The van der Waals surface area contributed by atoms with Crippen molar-refractivity contribution in [3.8, 4) is 0 Å². The van der Waals surface area contributed by atoms with E-state index in [-0.39, 0.29) is 18.1 Å². The van der Waals surface area contributed by atoms with E-state index in [0.29, 0.717) is 12.5 Å². The van der Waals surface area contributed by atoms with E-state index in [1.165, 1.54) is 0 Å². The lowest BCUT2D eigenvalue weighted by Crippen LogP contribution is -2.37. The number of likely N-dealkylation sites (tertiary alicyclic amines) is 1. The first-order valence-corrected chi connectivity index (χ1v) is 5.27. The van der Waals surface area contributed by atoms with Crippen LogP contribution in [0.5, 0.6) is 0 Å². The quantitative estimate of drug-likeness (QED) is 0.636. The molecule has 1 N–H and O–H groups in total. The first-order chi connectivity index (χ1) is 6.68. The van der Waals surface area contributed by atoms with Crippen LogP contribution in [0.4, 0.5) is 0 Å². The lowest BCUT2D eigenvalue weighted by atomic mass is 10.0. The Morgan fingerprint density at radius 1 is 1.57 bits per heavy atom. The fourth-order valence-electron chi connectivity index (χ4n) is 2.31. The number of hydrogen-bond acceptors (Lipinski definition) is 4. The molecule has 0 bridgehead atoms. The van der Waals surface area contributed by atoms with Crippen molar-refractivity contribution >= 4 is 5.97 Å². The Morgan fingerprint density at radius 3 is 2.86 bits per heavy atom. The zero-order valence-corrected chi connectivity index (χ0v) is 8.48. The van der Waals surface area contributed by atoms with Gasteiger partial charge in [0, 0.05) is 13.0 Å². The first kappa shape index (κ1) is 9.93. The molecular formula is C10H17NO3. The summed E-state index contributed by atoms with van der Waals surface area (Å²) < 4.78 is 4.93. The van der Waals surface area contributed by atoms with Crippen LogP contribution in [0.2, 0.25) is 0 Å². The van der Waals surface area contributed by atoms with Crippen molar-refractivity contribution in [1.82, 2.24) is 4.90 Å². The third-order valence-corrected chi connectivity index (χ3v) is 3.29. The van der Waals surface area contributed by atoms with Gasteiger partial charge in [0.2, 0.25) is 0 Å². The first-order valence-electron chi connectivity index (χ1n) is 5.27. The van der Waals surface area contributed by atoms with Gasteiger partial charge < -0.3 is 9.84 Å². The summed E-state index contributed by atoms with van der Waals surface area (Å²) in [5.74, 6) is 0.236. The van der Waals surface area contributed by atoms with Crippen LogP contribution in [-0.4, -0.2) is 47.8 Å². The van der Waals surface area contributed by atoms with Gasteiger partial charge in [0.05, 0.1) is 12.7 Å². The van der Waals surface area contributed by atoms with Crippen LogP contribution in [-0.2, 0) is 9.53 Å². The molecule has 0 amide bonds. The Hall–Kier alpha value is -0.610. The highest BCUT2D eigenvalue weighted by atomic mass is 16.5. The topological polar surface area (TPSA) is 49.8 Å². The van der Waals surface area contributed by atoms with Crippen molar-refractivity contribution in [2.24, 2.45) is 5.92 Å². The molecule has 0 aromatic rings. The summed E-state index contributed by atoms with van der Waals surface area (Å²) in [6.45, 7) is 4.12. The molecule has 3 unspecified atom stereocenters. The van der Waals surface area contributed by atoms with Crippen molar-refractivity contribution in [1.29, 1.82) is 0 Å². The van der Waals surface area contributed by atoms with Gasteiger partial charge in [0.1, 0.15) is 6.04 Å². The molecule has 0 aromatic heterocycles. The smallest absolute Gasteiger partial charge is 0.323 e. The Bertz CT molecular complexity index is 229. The molecule has 80 valence electrons. The Kier molecular flexibility index (Phi) is 2.74. The van der Waals surface area contributed by atoms with E-state index in [9.17, 15) is 9.90 Å². The van der Waals surface area contributed by atoms with Crippen molar-refractivity contribution in [3.05, 3.63) is 0 Å². The minimum Gasteiger partial charge on any atom is -0.464 e. The van der Waals surface area contributed by atoms with Crippen molar-refractivity contribution in [2.45, 2.75) is 31.9 Å². The minimum atomic E-state index is -0.266. The molecule has 4 heteroatoms. The fourth-order valence-corrected chi connectivity index (χ4v) is 2.31. The van der Waals surface area contributed by atoms with E-state index < -0.39 is 0 Å². The number of carbonyl (C=O) groups is 1. The molecular weight excluding hydrogens is 182 g/mol. The zero-order valence-electron chi connectivity index (χ0n) is 8.48. The standard InChI is InChI=1S/C10H17NO3/c1-7(12)8-2-4-11(6-8)9-3-5-14-10(9)13/h7-9,12H,2-6H2,1H3. The third-order valence-electron chi connectivity index (χ3n) is 3.29. The highest BCUT2D eigenvalue weighted by Crippen LogP contribution is 2.25. The van der Waals surface area contributed by atoms with Gasteiger partial charge in [-0.25, -0.2) is 0 Å². The van der Waals surface area contributed by atoms with Gasteiger partial charge in [-0.05, 0) is 25.8 Å². The van der Waals surface area contributed by atoms with Crippen molar-refractivity contribution in [2.75, 3.05) is 19.7 Å². The number of aliphatic hydroxyl groups excluding tert-OH is 1. The van der Waals surface area contributed by atoms with Crippen LogP contribution in [0.25, 0.3) is 0 Å². The van der Waals surface area contributed by atoms with Gasteiger partial charge in [-0.15, -0.1) is 0 Å².